The van der Waals surface area contributed by atoms with Crippen LogP contribution in [-0.2, 0) is 24.8 Å². The molecule has 2 aromatic rings. The van der Waals surface area contributed by atoms with Gasteiger partial charge in [0.1, 0.15) is 5.75 Å². The van der Waals surface area contributed by atoms with Crippen LogP contribution in [0.15, 0.2) is 52.3 Å². The Morgan fingerprint density at radius 3 is 2.12 bits per heavy atom. The molecule has 11 heteroatoms. The normalized spacial score (nSPS) is 18.0. The van der Waals surface area contributed by atoms with Gasteiger partial charge in [0.25, 0.3) is 10.0 Å². The number of rotatable bonds is 7. The van der Waals surface area contributed by atoms with Gasteiger partial charge in [-0.2, -0.15) is 4.31 Å². The third-order valence-corrected chi connectivity index (χ3v) is 8.91. The minimum Gasteiger partial charge on any atom is -0.497 e. The van der Waals surface area contributed by atoms with E-state index in [1.165, 1.54) is 29.6 Å². The Morgan fingerprint density at radius 2 is 1.50 bits per heavy atom. The number of methoxy groups -OCH3 is 1. The lowest BCUT2D eigenvalue weighted by Crippen LogP contribution is -2.40. The largest absolute Gasteiger partial charge is 0.497 e. The van der Waals surface area contributed by atoms with Crippen molar-refractivity contribution < 1.29 is 26.3 Å². The second-order valence-electron chi connectivity index (χ2n) is 7.67. The molecule has 0 aromatic heterocycles. The van der Waals surface area contributed by atoms with Crippen molar-refractivity contribution in [1.82, 2.24) is 4.31 Å². The first kappa shape index (κ1) is 22.8. The van der Waals surface area contributed by atoms with Gasteiger partial charge in [0.2, 0.25) is 10.0 Å². The van der Waals surface area contributed by atoms with Gasteiger partial charge < -0.3 is 14.4 Å². The first-order chi connectivity index (χ1) is 15.3. The van der Waals surface area contributed by atoms with Crippen molar-refractivity contribution in [2.24, 2.45) is 0 Å². The van der Waals surface area contributed by atoms with Gasteiger partial charge in [-0.1, -0.05) is 0 Å². The van der Waals surface area contributed by atoms with Crippen LogP contribution in [0.4, 0.5) is 11.4 Å². The molecule has 0 atom stereocenters. The van der Waals surface area contributed by atoms with Crippen LogP contribution in [-0.4, -0.2) is 67.6 Å². The molecule has 2 heterocycles. The molecule has 1 N–H and O–H groups in total. The number of anilines is 2. The average molecular weight is 482 g/mol. The maximum absolute atomic E-state index is 13.1. The number of morpholine rings is 1. The first-order valence-corrected chi connectivity index (χ1v) is 13.4. The van der Waals surface area contributed by atoms with E-state index in [2.05, 4.69) is 9.62 Å². The number of ether oxygens (including phenoxy) is 2. The number of sulfonamides is 2. The van der Waals surface area contributed by atoms with E-state index in [0.717, 1.165) is 25.9 Å². The van der Waals surface area contributed by atoms with Crippen LogP contribution in [0.1, 0.15) is 12.8 Å². The molecule has 0 unspecified atom stereocenters. The van der Waals surface area contributed by atoms with Gasteiger partial charge in [-0.25, -0.2) is 16.8 Å². The van der Waals surface area contributed by atoms with Crippen molar-refractivity contribution >= 4 is 31.4 Å². The maximum atomic E-state index is 13.1. The molecule has 2 aliphatic heterocycles. The zero-order valence-electron chi connectivity index (χ0n) is 17.9. The Labute approximate surface area is 189 Å². The van der Waals surface area contributed by atoms with Crippen molar-refractivity contribution in [3.63, 3.8) is 0 Å². The summed E-state index contributed by atoms with van der Waals surface area (Å²) in [5.74, 6) is 0.542. The van der Waals surface area contributed by atoms with Gasteiger partial charge in [-0.15, -0.1) is 0 Å². The summed E-state index contributed by atoms with van der Waals surface area (Å²) in [6.45, 7) is 2.77. The topological polar surface area (TPSA) is 105 Å². The lowest BCUT2D eigenvalue weighted by atomic mass is 10.2. The Balaban J connectivity index is 1.71. The quantitative estimate of drug-likeness (QED) is 0.646. The number of hydrogen-bond acceptors (Lipinski definition) is 7. The molecule has 0 amide bonds. The predicted molar refractivity (Wildman–Crippen MR) is 121 cm³/mol. The van der Waals surface area contributed by atoms with Crippen LogP contribution in [0.2, 0.25) is 0 Å². The molecule has 174 valence electrons. The smallest absolute Gasteiger partial charge is 0.261 e. The molecule has 0 aliphatic carbocycles. The lowest BCUT2D eigenvalue weighted by Gasteiger charge is -2.27. The van der Waals surface area contributed by atoms with Crippen LogP contribution in [0, 0.1) is 0 Å². The summed E-state index contributed by atoms with van der Waals surface area (Å²) >= 11 is 0. The van der Waals surface area contributed by atoms with Crippen LogP contribution in [0.5, 0.6) is 5.75 Å². The van der Waals surface area contributed by atoms with Crippen molar-refractivity contribution in [2.45, 2.75) is 22.6 Å². The molecule has 2 aromatic carbocycles. The molecule has 32 heavy (non-hydrogen) atoms. The Morgan fingerprint density at radius 1 is 0.875 bits per heavy atom. The molecular formula is C21H27N3O6S2. The fraction of sp³-hybridized carbons (Fsp3) is 0.429. The van der Waals surface area contributed by atoms with E-state index in [1.807, 2.05) is 0 Å². The summed E-state index contributed by atoms with van der Waals surface area (Å²) in [6, 6.07) is 10.7. The highest BCUT2D eigenvalue weighted by molar-refractivity contribution is 7.92. The second kappa shape index (κ2) is 9.26. The van der Waals surface area contributed by atoms with Gasteiger partial charge in [0, 0.05) is 26.2 Å². The van der Waals surface area contributed by atoms with E-state index >= 15 is 0 Å². The number of benzene rings is 2. The Kier molecular flexibility index (Phi) is 6.61. The van der Waals surface area contributed by atoms with Crippen molar-refractivity contribution in [2.75, 3.05) is 56.1 Å². The number of nitrogens with one attached hydrogen (secondary N) is 1. The molecule has 4 rings (SSSR count). The Hall–Kier alpha value is -2.34. The number of hydrogen-bond donors (Lipinski definition) is 1. The Bertz CT molecular complexity index is 1150. The van der Waals surface area contributed by atoms with Crippen molar-refractivity contribution in [1.29, 1.82) is 0 Å². The molecule has 0 bridgehead atoms. The van der Waals surface area contributed by atoms with Gasteiger partial charge in [-0.05, 0) is 55.3 Å². The molecule has 2 fully saturated rings. The zero-order valence-corrected chi connectivity index (χ0v) is 19.5. The van der Waals surface area contributed by atoms with Gasteiger partial charge in [0.15, 0.2) is 0 Å². The van der Waals surface area contributed by atoms with E-state index in [1.54, 1.807) is 24.3 Å². The van der Waals surface area contributed by atoms with E-state index in [-0.39, 0.29) is 28.6 Å². The van der Waals surface area contributed by atoms with Crippen molar-refractivity contribution in [3.8, 4) is 5.75 Å². The van der Waals surface area contributed by atoms with Crippen LogP contribution in [0.25, 0.3) is 0 Å². The van der Waals surface area contributed by atoms with Gasteiger partial charge in [0.05, 0.1) is 41.5 Å². The third kappa shape index (κ3) is 4.70. The minimum atomic E-state index is -3.94. The average Bonchev–Trinajstić information content (AvgIpc) is 3.34. The van der Waals surface area contributed by atoms with E-state index < -0.39 is 20.0 Å². The van der Waals surface area contributed by atoms with E-state index in [9.17, 15) is 16.8 Å². The summed E-state index contributed by atoms with van der Waals surface area (Å²) in [4.78, 5) is 2.18. The van der Waals surface area contributed by atoms with Crippen LogP contribution >= 0.6 is 0 Å². The molecular weight excluding hydrogens is 454 g/mol. The van der Waals surface area contributed by atoms with E-state index in [0.29, 0.717) is 24.7 Å². The summed E-state index contributed by atoms with van der Waals surface area (Å²) in [5, 5.41) is 0. The predicted octanol–water partition coefficient (Wildman–Crippen LogP) is 2.12. The number of nitrogens with zero attached hydrogens (tertiary/aromatic N) is 2. The molecule has 2 saturated heterocycles. The highest BCUT2D eigenvalue weighted by Crippen LogP contribution is 2.34. The fourth-order valence-electron chi connectivity index (χ4n) is 3.89. The highest BCUT2D eigenvalue weighted by atomic mass is 32.2. The summed E-state index contributed by atoms with van der Waals surface area (Å²) < 4.78 is 66.8. The monoisotopic (exact) mass is 481 g/mol. The molecule has 0 spiro atoms. The SMILES string of the molecule is COc1ccc(S(=O)(=O)Nc2cc(S(=O)(=O)N3CCOCC3)ccc2N2CCCC2)cc1. The molecule has 2 aliphatic rings. The first-order valence-electron chi connectivity index (χ1n) is 10.4. The van der Waals surface area contributed by atoms with Gasteiger partial charge >= 0.3 is 0 Å². The second-order valence-corrected chi connectivity index (χ2v) is 11.3. The third-order valence-electron chi connectivity index (χ3n) is 5.64. The fourth-order valence-corrected chi connectivity index (χ4v) is 6.39. The molecule has 9 nitrogen and oxygen atoms in total. The maximum Gasteiger partial charge on any atom is 0.261 e. The summed E-state index contributed by atoms with van der Waals surface area (Å²) in [7, 11) is -6.20. The minimum absolute atomic E-state index is 0.0507. The summed E-state index contributed by atoms with van der Waals surface area (Å²) in [5.41, 5.74) is 0.914. The molecule has 0 radical (unpaired) electrons. The summed E-state index contributed by atoms with van der Waals surface area (Å²) in [6.07, 6.45) is 2.00. The lowest BCUT2D eigenvalue weighted by molar-refractivity contribution is 0.0730. The molecule has 0 saturated carbocycles. The van der Waals surface area contributed by atoms with Crippen LogP contribution < -0.4 is 14.4 Å². The standard InChI is InChI=1S/C21H27N3O6S2/c1-29-17-4-6-18(7-5-17)31(25,26)22-20-16-19(8-9-21(20)23-10-2-3-11-23)32(27,28)24-12-14-30-15-13-24/h4-9,16,22H,2-3,10-15H2,1H3. The zero-order chi connectivity index (χ0) is 22.8. The van der Waals surface area contributed by atoms with E-state index in [4.69, 9.17) is 9.47 Å². The van der Waals surface area contributed by atoms with Crippen molar-refractivity contribution in [3.05, 3.63) is 42.5 Å². The van der Waals surface area contributed by atoms with Gasteiger partial charge in [-0.3, -0.25) is 4.72 Å². The van der Waals surface area contributed by atoms with Crippen LogP contribution in [0.3, 0.4) is 0 Å². The highest BCUT2D eigenvalue weighted by Gasteiger charge is 2.29.